The molecule has 0 aliphatic carbocycles. The Morgan fingerprint density at radius 3 is 2.52 bits per heavy atom. The highest BCUT2D eigenvalue weighted by molar-refractivity contribution is 5.94. The van der Waals surface area contributed by atoms with Gasteiger partial charge in [0.2, 0.25) is 5.91 Å². The van der Waals surface area contributed by atoms with Gasteiger partial charge in [-0.25, -0.2) is 9.07 Å². The number of hydrogen-bond acceptors (Lipinski definition) is 3. The number of rotatable bonds is 5. The number of carbonyl (C=O) groups excluding carboxylic acids is 1. The number of anilines is 2. The lowest BCUT2D eigenvalue weighted by Gasteiger charge is -2.12. The van der Waals surface area contributed by atoms with Crippen LogP contribution in [0.5, 0.6) is 0 Å². The summed E-state index contributed by atoms with van der Waals surface area (Å²) >= 11 is 0. The van der Waals surface area contributed by atoms with Crippen molar-refractivity contribution in [3.05, 3.63) is 72.8 Å². The Balaban J connectivity index is 1.67. The summed E-state index contributed by atoms with van der Waals surface area (Å²) in [5.74, 6) is -0.789. The normalized spacial score (nSPS) is 10.3. The molecule has 0 aliphatic rings. The molecule has 0 saturated carbocycles. The number of amides is 1. The molecule has 5 nitrogen and oxygen atoms in total. The van der Waals surface area contributed by atoms with Crippen LogP contribution in [0.25, 0.3) is 5.69 Å². The van der Waals surface area contributed by atoms with Crippen LogP contribution >= 0.6 is 0 Å². The molecule has 116 valence electrons. The number of nitrogens with one attached hydrogen (secondary N) is 2. The number of nitrogens with zero attached hydrogens (tertiary/aromatic N) is 2. The molecule has 0 spiro atoms. The van der Waals surface area contributed by atoms with Crippen molar-refractivity contribution in [2.45, 2.75) is 0 Å². The van der Waals surface area contributed by atoms with E-state index in [1.165, 1.54) is 12.1 Å². The van der Waals surface area contributed by atoms with E-state index >= 15 is 0 Å². The van der Waals surface area contributed by atoms with Gasteiger partial charge in [-0.1, -0.05) is 24.3 Å². The van der Waals surface area contributed by atoms with E-state index in [9.17, 15) is 9.18 Å². The average molecular weight is 310 g/mol. The van der Waals surface area contributed by atoms with E-state index in [-0.39, 0.29) is 18.1 Å². The van der Waals surface area contributed by atoms with E-state index in [0.717, 1.165) is 11.4 Å². The molecule has 0 unspecified atom stereocenters. The molecule has 1 heterocycles. The Kier molecular flexibility index (Phi) is 4.33. The Morgan fingerprint density at radius 1 is 1.04 bits per heavy atom. The van der Waals surface area contributed by atoms with Crippen LogP contribution in [0.15, 0.2) is 67.0 Å². The topological polar surface area (TPSA) is 59.0 Å². The second kappa shape index (κ2) is 6.74. The smallest absolute Gasteiger partial charge is 0.243 e. The van der Waals surface area contributed by atoms with Crippen LogP contribution < -0.4 is 10.6 Å². The summed E-state index contributed by atoms with van der Waals surface area (Å²) in [6, 6.07) is 15.4. The van der Waals surface area contributed by atoms with E-state index in [1.54, 1.807) is 23.0 Å². The number of benzene rings is 2. The van der Waals surface area contributed by atoms with Crippen LogP contribution in [0.2, 0.25) is 0 Å². The fraction of sp³-hybridized carbons (Fsp3) is 0.0588. The van der Waals surface area contributed by atoms with Gasteiger partial charge in [0.05, 0.1) is 23.6 Å². The van der Waals surface area contributed by atoms with Gasteiger partial charge in [-0.2, -0.15) is 5.10 Å². The molecular formula is C17H15FN4O. The first kappa shape index (κ1) is 14.8. The first-order valence-corrected chi connectivity index (χ1v) is 7.11. The van der Waals surface area contributed by atoms with Crippen molar-refractivity contribution in [3.8, 4) is 5.69 Å². The molecule has 0 radical (unpaired) electrons. The molecule has 2 aromatic carbocycles. The van der Waals surface area contributed by atoms with Crippen LogP contribution in [0.1, 0.15) is 0 Å². The van der Waals surface area contributed by atoms with Crippen molar-refractivity contribution in [2.75, 3.05) is 17.2 Å². The van der Waals surface area contributed by atoms with Gasteiger partial charge in [0.25, 0.3) is 0 Å². The van der Waals surface area contributed by atoms with Gasteiger partial charge in [0.15, 0.2) is 0 Å². The minimum absolute atomic E-state index is 0.0205. The third kappa shape index (κ3) is 3.55. The van der Waals surface area contributed by atoms with Crippen LogP contribution in [0.3, 0.4) is 0 Å². The Morgan fingerprint density at radius 2 is 1.78 bits per heavy atom. The minimum Gasteiger partial charge on any atom is -0.374 e. The van der Waals surface area contributed by atoms with Crippen molar-refractivity contribution in [1.29, 1.82) is 0 Å². The van der Waals surface area contributed by atoms with E-state index in [1.807, 2.05) is 36.5 Å². The lowest BCUT2D eigenvalue weighted by atomic mass is 10.2. The maximum atomic E-state index is 13.5. The highest BCUT2D eigenvalue weighted by Gasteiger charge is 2.08. The van der Waals surface area contributed by atoms with Gasteiger partial charge in [-0.15, -0.1) is 0 Å². The molecule has 0 bridgehead atoms. The van der Waals surface area contributed by atoms with Gasteiger partial charge in [-0.3, -0.25) is 4.79 Å². The summed E-state index contributed by atoms with van der Waals surface area (Å²) in [5, 5.41) is 9.76. The predicted octanol–water partition coefficient (Wildman–Crippen LogP) is 3.06. The number of aromatic nitrogens is 2. The number of hydrogen-bond donors (Lipinski definition) is 2. The zero-order valence-corrected chi connectivity index (χ0v) is 12.2. The maximum Gasteiger partial charge on any atom is 0.243 e. The molecule has 0 fully saturated rings. The molecule has 0 aliphatic heterocycles. The Hall–Kier alpha value is -3.15. The third-order valence-electron chi connectivity index (χ3n) is 3.24. The third-order valence-corrected chi connectivity index (χ3v) is 3.24. The molecule has 2 N–H and O–H groups in total. The van der Waals surface area contributed by atoms with Crippen molar-refractivity contribution in [3.63, 3.8) is 0 Å². The van der Waals surface area contributed by atoms with Gasteiger partial charge in [0, 0.05) is 12.4 Å². The van der Waals surface area contributed by atoms with E-state index in [2.05, 4.69) is 15.7 Å². The lowest BCUT2D eigenvalue weighted by molar-refractivity contribution is -0.114. The minimum atomic E-state index is -0.460. The lowest BCUT2D eigenvalue weighted by Crippen LogP contribution is -2.22. The van der Waals surface area contributed by atoms with Crippen LogP contribution in [0.4, 0.5) is 15.8 Å². The van der Waals surface area contributed by atoms with Crippen molar-refractivity contribution < 1.29 is 9.18 Å². The molecule has 3 aromatic rings. The first-order chi connectivity index (χ1) is 11.2. The summed E-state index contributed by atoms with van der Waals surface area (Å²) in [5.41, 5.74) is 1.76. The van der Waals surface area contributed by atoms with Gasteiger partial charge < -0.3 is 10.6 Å². The zero-order valence-electron chi connectivity index (χ0n) is 12.2. The molecule has 0 atom stereocenters. The average Bonchev–Trinajstić information content (AvgIpc) is 3.10. The fourth-order valence-electron chi connectivity index (χ4n) is 2.17. The second-order valence-corrected chi connectivity index (χ2v) is 4.85. The number of para-hydroxylation sites is 3. The Labute approximate surface area is 132 Å². The van der Waals surface area contributed by atoms with E-state index in [0.29, 0.717) is 0 Å². The number of halogens is 1. The second-order valence-electron chi connectivity index (χ2n) is 4.85. The van der Waals surface area contributed by atoms with Crippen LogP contribution in [-0.2, 0) is 4.79 Å². The van der Waals surface area contributed by atoms with Crippen molar-refractivity contribution in [2.24, 2.45) is 0 Å². The monoisotopic (exact) mass is 310 g/mol. The van der Waals surface area contributed by atoms with Crippen molar-refractivity contribution in [1.82, 2.24) is 9.78 Å². The van der Waals surface area contributed by atoms with Crippen LogP contribution in [-0.4, -0.2) is 22.2 Å². The largest absolute Gasteiger partial charge is 0.374 e. The van der Waals surface area contributed by atoms with Gasteiger partial charge >= 0.3 is 0 Å². The highest BCUT2D eigenvalue weighted by atomic mass is 19.1. The predicted molar refractivity (Wildman–Crippen MR) is 87.1 cm³/mol. The number of carbonyl (C=O) groups is 1. The molecule has 6 heteroatoms. The van der Waals surface area contributed by atoms with Gasteiger partial charge in [0.1, 0.15) is 5.82 Å². The van der Waals surface area contributed by atoms with Crippen molar-refractivity contribution >= 4 is 17.3 Å². The fourth-order valence-corrected chi connectivity index (χ4v) is 2.17. The summed E-state index contributed by atoms with van der Waals surface area (Å²) in [7, 11) is 0. The molecule has 1 aromatic heterocycles. The summed E-state index contributed by atoms with van der Waals surface area (Å²) in [6.45, 7) is 0.0205. The Bertz CT molecular complexity index is 802. The van der Waals surface area contributed by atoms with E-state index in [4.69, 9.17) is 0 Å². The molecule has 3 rings (SSSR count). The van der Waals surface area contributed by atoms with Gasteiger partial charge in [-0.05, 0) is 30.3 Å². The SMILES string of the molecule is O=C(CNc1ccccc1-n1cccn1)Nc1ccccc1F. The standard InChI is InChI=1S/C17H15FN4O/c18-13-6-1-2-7-14(13)21-17(23)12-19-15-8-3-4-9-16(15)22-11-5-10-20-22/h1-11,19H,12H2,(H,21,23). The highest BCUT2D eigenvalue weighted by Crippen LogP contribution is 2.19. The summed E-state index contributed by atoms with van der Waals surface area (Å²) < 4.78 is 15.2. The van der Waals surface area contributed by atoms with E-state index < -0.39 is 5.82 Å². The van der Waals surface area contributed by atoms with Crippen LogP contribution in [0, 0.1) is 5.82 Å². The summed E-state index contributed by atoms with van der Waals surface area (Å²) in [4.78, 5) is 12.0. The first-order valence-electron chi connectivity index (χ1n) is 7.11. The maximum absolute atomic E-state index is 13.5. The summed E-state index contributed by atoms with van der Waals surface area (Å²) in [6.07, 6.45) is 3.50. The molecule has 1 amide bonds. The zero-order chi connectivity index (χ0) is 16.1. The quantitative estimate of drug-likeness (QED) is 0.761. The molecular weight excluding hydrogens is 295 g/mol. The molecule has 23 heavy (non-hydrogen) atoms. The molecule has 0 saturated heterocycles.